The molecule has 5 heteroatoms. The number of aryl methyl sites for hydroxylation is 1. The summed E-state index contributed by atoms with van der Waals surface area (Å²) in [6.07, 6.45) is 1.51. The third kappa shape index (κ3) is 3.60. The van der Waals surface area contributed by atoms with Crippen LogP contribution in [0, 0.1) is 18.7 Å². The minimum atomic E-state index is -0.355. The van der Waals surface area contributed by atoms with Crippen LogP contribution in [0.2, 0.25) is 0 Å². The Morgan fingerprint density at radius 3 is 2.86 bits per heavy atom. The molecule has 1 fully saturated rings. The molecule has 114 valence electrons. The lowest BCUT2D eigenvalue weighted by atomic mass is 9.97. The number of nitrogens with zero attached hydrogens (tertiary/aromatic N) is 1. The van der Waals surface area contributed by atoms with Crippen LogP contribution < -0.4 is 0 Å². The van der Waals surface area contributed by atoms with Crippen LogP contribution in [0.15, 0.2) is 18.2 Å². The van der Waals surface area contributed by atoms with Crippen LogP contribution in [0.25, 0.3) is 0 Å². The van der Waals surface area contributed by atoms with E-state index < -0.39 is 0 Å². The predicted molar refractivity (Wildman–Crippen MR) is 76.4 cm³/mol. The van der Waals surface area contributed by atoms with Gasteiger partial charge in [-0.15, -0.1) is 0 Å². The Morgan fingerprint density at radius 1 is 1.43 bits per heavy atom. The van der Waals surface area contributed by atoms with Crippen molar-refractivity contribution in [2.75, 3.05) is 19.7 Å². The number of amides is 1. The summed E-state index contributed by atoms with van der Waals surface area (Å²) in [5.74, 6) is -1.01. The normalized spacial score (nSPS) is 18.4. The summed E-state index contributed by atoms with van der Waals surface area (Å²) in [6.45, 7) is 4.81. The zero-order valence-corrected chi connectivity index (χ0v) is 12.4. The summed E-state index contributed by atoms with van der Waals surface area (Å²) in [6, 6.07) is 4.13. The highest BCUT2D eigenvalue weighted by molar-refractivity contribution is 5.96. The lowest BCUT2D eigenvalue weighted by molar-refractivity contribution is -0.149. The van der Waals surface area contributed by atoms with Gasteiger partial charge in [-0.25, -0.2) is 4.39 Å². The van der Waals surface area contributed by atoms with E-state index in [1.807, 2.05) is 0 Å². The molecule has 0 N–H and O–H groups in total. The van der Waals surface area contributed by atoms with E-state index in [0.717, 1.165) is 12.8 Å². The molecule has 4 nitrogen and oxygen atoms in total. The topological polar surface area (TPSA) is 46.6 Å². The highest BCUT2D eigenvalue weighted by atomic mass is 19.1. The summed E-state index contributed by atoms with van der Waals surface area (Å²) in [7, 11) is 0. The molecule has 1 aliphatic rings. The molecule has 0 spiro atoms. The quantitative estimate of drug-likeness (QED) is 0.805. The van der Waals surface area contributed by atoms with Crippen LogP contribution in [0.1, 0.15) is 35.7 Å². The van der Waals surface area contributed by atoms with Crippen molar-refractivity contribution >= 4 is 11.9 Å². The molecule has 1 saturated heterocycles. The molecule has 0 unspecified atom stereocenters. The number of likely N-dealkylation sites (tertiary alicyclic amines) is 1. The van der Waals surface area contributed by atoms with E-state index in [9.17, 15) is 14.0 Å². The van der Waals surface area contributed by atoms with Crippen molar-refractivity contribution in [2.24, 2.45) is 5.92 Å². The zero-order valence-electron chi connectivity index (χ0n) is 12.4. The van der Waals surface area contributed by atoms with E-state index in [4.69, 9.17) is 4.74 Å². The fraction of sp³-hybridized carbons (Fsp3) is 0.500. The van der Waals surface area contributed by atoms with Gasteiger partial charge in [0.2, 0.25) is 0 Å². The molecule has 0 bridgehead atoms. The van der Waals surface area contributed by atoms with E-state index in [0.29, 0.717) is 30.8 Å². The Kier molecular flexibility index (Phi) is 4.94. The van der Waals surface area contributed by atoms with Gasteiger partial charge in [0.25, 0.3) is 5.91 Å². The maximum absolute atomic E-state index is 13.1. The molecular formula is C16H20FNO3. The van der Waals surface area contributed by atoms with Crippen molar-refractivity contribution in [3.63, 3.8) is 0 Å². The first-order valence-corrected chi connectivity index (χ1v) is 7.25. The number of piperidine rings is 1. The number of hydrogen-bond acceptors (Lipinski definition) is 3. The van der Waals surface area contributed by atoms with Crippen LogP contribution in [0.4, 0.5) is 4.39 Å². The lowest BCUT2D eigenvalue weighted by Gasteiger charge is -2.32. The molecule has 1 aliphatic heterocycles. The standard InChI is InChI=1S/C16H20FNO3/c1-3-21-16(20)12-5-4-8-18(10-12)15(19)14-7-6-13(17)9-11(14)2/h6-7,9,12H,3-5,8,10H2,1-2H3/t12-/m1/s1. The summed E-state index contributed by atoms with van der Waals surface area (Å²) in [4.78, 5) is 26.0. The number of carbonyl (C=O) groups is 2. The summed E-state index contributed by atoms with van der Waals surface area (Å²) in [5, 5.41) is 0. The monoisotopic (exact) mass is 293 g/mol. The van der Waals surface area contributed by atoms with Crippen molar-refractivity contribution in [3.05, 3.63) is 35.1 Å². The van der Waals surface area contributed by atoms with Crippen molar-refractivity contribution in [2.45, 2.75) is 26.7 Å². The molecule has 0 radical (unpaired) electrons. The second-order valence-electron chi connectivity index (χ2n) is 5.30. The van der Waals surface area contributed by atoms with Crippen molar-refractivity contribution in [3.8, 4) is 0 Å². The molecule has 2 rings (SSSR count). The first-order chi connectivity index (χ1) is 10.0. The molecule has 1 aromatic carbocycles. The molecule has 1 aromatic rings. The first-order valence-electron chi connectivity index (χ1n) is 7.25. The predicted octanol–water partition coefficient (Wildman–Crippen LogP) is 2.55. The van der Waals surface area contributed by atoms with Gasteiger partial charge in [0.05, 0.1) is 12.5 Å². The van der Waals surface area contributed by atoms with Gasteiger partial charge in [-0.1, -0.05) is 0 Å². The molecule has 0 saturated carbocycles. The molecule has 0 aromatic heterocycles. The minimum Gasteiger partial charge on any atom is -0.466 e. The SMILES string of the molecule is CCOC(=O)[C@@H]1CCCN(C(=O)c2ccc(F)cc2C)C1. The highest BCUT2D eigenvalue weighted by Gasteiger charge is 2.30. The molecule has 1 atom stereocenters. The Balaban J connectivity index is 2.10. The smallest absolute Gasteiger partial charge is 0.310 e. The van der Waals surface area contributed by atoms with Gasteiger partial charge in [-0.3, -0.25) is 9.59 Å². The number of ether oxygens (including phenoxy) is 1. The average molecular weight is 293 g/mol. The number of rotatable bonds is 3. The number of benzene rings is 1. The summed E-state index contributed by atoms with van der Waals surface area (Å²) < 4.78 is 18.1. The minimum absolute atomic E-state index is 0.151. The Labute approximate surface area is 123 Å². The van der Waals surface area contributed by atoms with Crippen LogP contribution >= 0.6 is 0 Å². The number of halogens is 1. The van der Waals surface area contributed by atoms with Gasteiger partial charge in [-0.2, -0.15) is 0 Å². The van der Waals surface area contributed by atoms with Gasteiger partial charge in [0.1, 0.15) is 5.82 Å². The largest absolute Gasteiger partial charge is 0.466 e. The fourth-order valence-electron chi connectivity index (χ4n) is 2.65. The van der Waals surface area contributed by atoms with Crippen molar-refractivity contribution < 1.29 is 18.7 Å². The van der Waals surface area contributed by atoms with Gasteiger partial charge in [-0.05, 0) is 50.5 Å². The van der Waals surface area contributed by atoms with Crippen LogP contribution in [0.3, 0.4) is 0 Å². The van der Waals surface area contributed by atoms with E-state index in [1.54, 1.807) is 18.7 Å². The van der Waals surface area contributed by atoms with E-state index in [2.05, 4.69) is 0 Å². The Hall–Kier alpha value is -1.91. The van der Waals surface area contributed by atoms with Crippen molar-refractivity contribution in [1.29, 1.82) is 0 Å². The second-order valence-corrected chi connectivity index (χ2v) is 5.30. The van der Waals surface area contributed by atoms with Gasteiger partial charge < -0.3 is 9.64 Å². The van der Waals surface area contributed by atoms with Crippen LogP contribution in [0.5, 0.6) is 0 Å². The molecular weight excluding hydrogens is 273 g/mol. The second kappa shape index (κ2) is 6.70. The maximum atomic E-state index is 13.1. The number of hydrogen-bond donors (Lipinski definition) is 0. The molecule has 1 amide bonds. The Morgan fingerprint density at radius 2 is 2.19 bits per heavy atom. The third-order valence-electron chi connectivity index (χ3n) is 3.75. The third-order valence-corrected chi connectivity index (χ3v) is 3.75. The van der Waals surface area contributed by atoms with Crippen LogP contribution in [-0.4, -0.2) is 36.5 Å². The van der Waals surface area contributed by atoms with Gasteiger partial charge in [0.15, 0.2) is 0 Å². The first kappa shape index (κ1) is 15.5. The average Bonchev–Trinajstić information content (AvgIpc) is 2.47. The van der Waals surface area contributed by atoms with Crippen molar-refractivity contribution in [1.82, 2.24) is 4.90 Å². The summed E-state index contributed by atoms with van der Waals surface area (Å²) >= 11 is 0. The molecule has 21 heavy (non-hydrogen) atoms. The number of esters is 1. The van der Waals surface area contributed by atoms with E-state index in [1.165, 1.54) is 18.2 Å². The van der Waals surface area contributed by atoms with Gasteiger partial charge in [0, 0.05) is 18.7 Å². The highest BCUT2D eigenvalue weighted by Crippen LogP contribution is 2.21. The maximum Gasteiger partial charge on any atom is 0.310 e. The lowest BCUT2D eigenvalue weighted by Crippen LogP contribution is -2.43. The molecule has 0 aliphatic carbocycles. The molecule has 1 heterocycles. The summed E-state index contributed by atoms with van der Waals surface area (Å²) in [5.41, 5.74) is 1.10. The van der Waals surface area contributed by atoms with E-state index >= 15 is 0 Å². The van der Waals surface area contributed by atoms with Gasteiger partial charge >= 0.3 is 5.97 Å². The number of carbonyl (C=O) groups excluding carboxylic acids is 2. The Bertz CT molecular complexity index is 544. The van der Waals surface area contributed by atoms with E-state index in [-0.39, 0.29) is 23.6 Å². The fourth-order valence-corrected chi connectivity index (χ4v) is 2.65. The zero-order chi connectivity index (χ0) is 15.4. The van der Waals surface area contributed by atoms with Crippen LogP contribution in [-0.2, 0) is 9.53 Å².